The third kappa shape index (κ3) is 4.73. The first-order valence-electron chi connectivity index (χ1n) is 7.06. The molecule has 0 bridgehead atoms. The summed E-state index contributed by atoms with van der Waals surface area (Å²) in [6.07, 6.45) is 2.30. The minimum Gasteiger partial charge on any atom is -0.492 e. The van der Waals surface area contributed by atoms with Gasteiger partial charge in [-0.2, -0.15) is 0 Å². The maximum atomic E-state index is 12.1. The molecule has 21 heavy (non-hydrogen) atoms. The maximum absolute atomic E-state index is 12.1. The highest BCUT2D eigenvalue weighted by Gasteiger charge is 2.35. The smallest absolute Gasteiger partial charge is 0.326 e. The van der Waals surface area contributed by atoms with Crippen LogP contribution in [0, 0.1) is 0 Å². The summed E-state index contributed by atoms with van der Waals surface area (Å²) in [7, 11) is 0. The highest BCUT2D eigenvalue weighted by atomic mass is 16.6. The topological polar surface area (TPSA) is 74.7 Å². The largest absolute Gasteiger partial charge is 0.492 e. The van der Waals surface area contributed by atoms with Gasteiger partial charge in [0.05, 0.1) is 19.8 Å². The van der Waals surface area contributed by atoms with E-state index in [9.17, 15) is 9.59 Å². The molecule has 0 saturated heterocycles. The molecule has 0 N–H and O–H groups in total. The van der Waals surface area contributed by atoms with E-state index in [0.717, 1.165) is 6.42 Å². The van der Waals surface area contributed by atoms with Crippen molar-refractivity contribution in [3.63, 3.8) is 0 Å². The molecule has 0 fully saturated rings. The zero-order chi connectivity index (χ0) is 15.7. The summed E-state index contributed by atoms with van der Waals surface area (Å²) in [5.74, 6) is -2.20. The van der Waals surface area contributed by atoms with E-state index in [0.29, 0.717) is 12.4 Å². The van der Waals surface area contributed by atoms with E-state index < -0.39 is 17.9 Å². The van der Waals surface area contributed by atoms with Crippen molar-refractivity contribution in [3.8, 4) is 5.75 Å². The Hall–Kier alpha value is -2.11. The van der Waals surface area contributed by atoms with Crippen molar-refractivity contribution in [2.75, 3.05) is 19.8 Å². The first-order chi connectivity index (χ1) is 10.2. The number of nitrogens with zero attached hydrogens (tertiary/aromatic N) is 1. The summed E-state index contributed by atoms with van der Waals surface area (Å²) in [5, 5.41) is 0. The molecule has 0 radical (unpaired) electrons. The Morgan fingerprint density at radius 1 is 1.14 bits per heavy atom. The molecule has 0 spiro atoms. The van der Waals surface area contributed by atoms with Crippen LogP contribution < -0.4 is 4.74 Å². The molecule has 1 aromatic rings. The zero-order valence-corrected chi connectivity index (χ0v) is 12.6. The average molecular weight is 295 g/mol. The van der Waals surface area contributed by atoms with Crippen LogP contribution in [0.2, 0.25) is 0 Å². The summed E-state index contributed by atoms with van der Waals surface area (Å²) in [4.78, 5) is 28.2. The van der Waals surface area contributed by atoms with Crippen molar-refractivity contribution < 1.29 is 23.8 Å². The predicted molar refractivity (Wildman–Crippen MR) is 76.0 cm³/mol. The molecule has 0 aliphatic rings. The van der Waals surface area contributed by atoms with Crippen LogP contribution in [0.3, 0.4) is 0 Å². The van der Waals surface area contributed by atoms with E-state index in [2.05, 4.69) is 4.98 Å². The lowest BCUT2D eigenvalue weighted by molar-refractivity contribution is -0.157. The average Bonchev–Trinajstić information content (AvgIpc) is 2.47. The monoisotopic (exact) mass is 295 g/mol. The number of carbonyl (C=O) groups is 2. The van der Waals surface area contributed by atoms with Gasteiger partial charge >= 0.3 is 11.9 Å². The van der Waals surface area contributed by atoms with Crippen molar-refractivity contribution in [1.29, 1.82) is 0 Å². The number of rotatable bonds is 8. The van der Waals surface area contributed by atoms with Crippen LogP contribution in [-0.4, -0.2) is 36.7 Å². The second-order valence-electron chi connectivity index (χ2n) is 4.17. The molecular weight excluding hydrogens is 274 g/mol. The Morgan fingerprint density at radius 2 is 1.76 bits per heavy atom. The minimum absolute atomic E-state index is 0.173. The number of hydrogen-bond acceptors (Lipinski definition) is 6. The second-order valence-corrected chi connectivity index (χ2v) is 4.17. The van der Waals surface area contributed by atoms with Gasteiger partial charge in [-0.15, -0.1) is 0 Å². The fraction of sp³-hybridized carbons (Fsp3) is 0.533. The van der Waals surface area contributed by atoms with Gasteiger partial charge in [-0.05, 0) is 32.4 Å². The van der Waals surface area contributed by atoms with Crippen LogP contribution in [-0.2, 0) is 19.1 Å². The first kappa shape index (κ1) is 16.9. The van der Waals surface area contributed by atoms with Crippen LogP contribution in [0.5, 0.6) is 5.75 Å². The van der Waals surface area contributed by atoms with E-state index in [1.54, 1.807) is 26.0 Å². The number of ether oxygens (including phenoxy) is 3. The third-order valence-electron chi connectivity index (χ3n) is 2.58. The van der Waals surface area contributed by atoms with Crippen molar-refractivity contribution in [1.82, 2.24) is 4.98 Å². The van der Waals surface area contributed by atoms with Crippen LogP contribution in [0.1, 0.15) is 38.8 Å². The Labute approximate surface area is 124 Å². The number of hydrogen-bond donors (Lipinski definition) is 0. The van der Waals surface area contributed by atoms with Gasteiger partial charge in [0.2, 0.25) is 0 Å². The van der Waals surface area contributed by atoms with E-state index in [1.165, 1.54) is 6.20 Å². The molecule has 0 aliphatic carbocycles. The molecule has 0 aromatic carbocycles. The van der Waals surface area contributed by atoms with E-state index in [-0.39, 0.29) is 18.9 Å². The van der Waals surface area contributed by atoms with Gasteiger partial charge in [0.25, 0.3) is 0 Å². The minimum atomic E-state index is -1.22. The fourth-order valence-electron chi connectivity index (χ4n) is 1.72. The van der Waals surface area contributed by atoms with Crippen molar-refractivity contribution in [2.45, 2.75) is 33.1 Å². The lowest BCUT2D eigenvalue weighted by Gasteiger charge is -2.17. The van der Waals surface area contributed by atoms with E-state index in [1.807, 2.05) is 6.92 Å². The molecule has 0 aliphatic heterocycles. The van der Waals surface area contributed by atoms with Gasteiger partial charge in [-0.3, -0.25) is 14.6 Å². The molecule has 6 nitrogen and oxygen atoms in total. The van der Waals surface area contributed by atoms with Gasteiger partial charge in [0, 0.05) is 6.20 Å². The van der Waals surface area contributed by atoms with E-state index >= 15 is 0 Å². The molecule has 6 heteroatoms. The molecular formula is C15H21NO5. The Balaban J connectivity index is 3.12. The molecule has 1 heterocycles. The number of carbonyl (C=O) groups excluding carboxylic acids is 2. The molecule has 1 rings (SSSR count). The quantitative estimate of drug-likeness (QED) is 0.540. The summed E-state index contributed by atoms with van der Waals surface area (Å²) in [6, 6.07) is 3.35. The molecule has 116 valence electrons. The van der Waals surface area contributed by atoms with Gasteiger partial charge in [-0.1, -0.05) is 6.92 Å². The van der Waals surface area contributed by atoms with Crippen LogP contribution in [0.15, 0.2) is 18.3 Å². The zero-order valence-electron chi connectivity index (χ0n) is 12.6. The fourth-order valence-corrected chi connectivity index (χ4v) is 1.72. The second kappa shape index (κ2) is 8.94. The van der Waals surface area contributed by atoms with Crippen molar-refractivity contribution >= 4 is 11.9 Å². The predicted octanol–water partition coefficient (Wildman–Crippen LogP) is 2.08. The van der Waals surface area contributed by atoms with Crippen LogP contribution in [0.25, 0.3) is 0 Å². The van der Waals surface area contributed by atoms with E-state index in [4.69, 9.17) is 14.2 Å². The number of pyridine rings is 1. The third-order valence-corrected chi connectivity index (χ3v) is 2.58. The van der Waals surface area contributed by atoms with Crippen LogP contribution >= 0.6 is 0 Å². The molecule has 1 aromatic heterocycles. The van der Waals surface area contributed by atoms with Gasteiger partial charge < -0.3 is 14.2 Å². The van der Waals surface area contributed by atoms with Gasteiger partial charge in [0.15, 0.2) is 5.92 Å². The van der Waals surface area contributed by atoms with Crippen molar-refractivity contribution in [3.05, 3.63) is 24.0 Å². The normalized spacial score (nSPS) is 10.3. The number of aromatic nitrogens is 1. The summed E-state index contributed by atoms with van der Waals surface area (Å²) in [6.45, 7) is 6.13. The first-order valence-corrected chi connectivity index (χ1v) is 7.06. The Bertz CT molecular complexity index is 457. The summed E-state index contributed by atoms with van der Waals surface area (Å²) < 4.78 is 15.4. The SMILES string of the molecule is CCCOc1cccnc1C(C(=O)OCC)C(=O)OCC. The molecule has 0 atom stereocenters. The van der Waals surface area contributed by atoms with Crippen molar-refractivity contribution in [2.24, 2.45) is 0 Å². The maximum Gasteiger partial charge on any atom is 0.326 e. The lowest BCUT2D eigenvalue weighted by atomic mass is 10.0. The highest BCUT2D eigenvalue weighted by molar-refractivity contribution is 6.01. The Kier molecular flexibility index (Phi) is 7.21. The van der Waals surface area contributed by atoms with Gasteiger partial charge in [0.1, 0.15) is 11.4 Å². The summed E-state index contributed by atoms with van der Waals surface area (Å²) >= 11 is 0. The molecule has 0 unspecified atom stereocenters. The summed E-state index contributed by atoms with van der Waals surface area (Å²) in [5.41, 5.74) is 0.225. The number of esters is 2. The molecule has 0 amide bonds. The Morgan fingerprint density at radius 3 is 2.29 bits per heavy atom. The standard InChI is InChI=1S/C15H21NO5/c1-4-10-21-11-8-7-9-16-13(11)12(14(17)19-5-2)15(18)20-6-3/h7-9,12H,4-6,10H2,1-3H3. The van der Waals surface area contributed by atoms with Crippen LogP contribution in [0.4, 0.5) is 0 Å². The highest BCUT2D eigenvalue weighted by Crippen LogP contribution is 2.27. The lowest BCUT2D eigenvalue weighted by Crippen LogP contribution is -2.27. The van der Waals surface area contributed by atoms with Gasteiger partial charge in [-0.25, -0.2) is 0 Å². The molecule has 0 saturated carbocycles.